The van der Waals surface area contributed by atoms with Crippen molar-refractivity contribution in [2.45, 2.75) is 65.9 Å². The molecule has 1 unspecified atom stereocenters. The van der Waals surface area contributed by atoms with Gasteiger partial charge in [0.25, 0.3) is 0 Å². The van der Waals surface area contributed by atoms with E-state index in [1.165, 1.54) is 41.5 Å². The summed E-state index contributed by atoms with van der Waals surface area (Å²) in [7, 11) is 0. The van der Waals surface area contributed by atoms with E-state index in [9.17, 15) is 5.11 Å². The Labute approximate surface area is 111 Å². The van der Waals surface area contributed by atoms with E-state index < -0.39 is 0 Å². The SMILES string of the molecule is CC(C)(C)C.OC1CCc2cc3c(cc21)CCC3. The van der Waals surface area contributed by atoms with Gasteiger partial charge in [0, 0.05) is 0 Å². The second kappa shape index (κ2) is 5.05. The van der Waals surface area contributed by atoms with E-state index in [1.807, 2.05) is 0 Å². The molecule has 0 fully saturated rings. The molecule has 0 saturated heterocycles. The van der Waals surface area contributed by atoms with Crippen LogP contribution in [0.25, 0.3) is 0 Å². The minimum Gasteiger partial charge on any atom is -0.388 e. The van der Waals surface area contributed by atoms with Crippen LogP contribution in [0.5, 0.6) is 0 Å². The summed E-state index contributed by atoms with van der Waals surface area (Å²) in [5, 5.41) is 9.71. The van der Waals surface area contributed by atoms with E-state index in [4.69, 9.17) is 0 Å². The predicted octanol–water partition coefficient (Wildman–Crippen LogP) is 4.21. The molecule has 2 aliphatic rings. The van der Waals surface area contributed by atoms with Gasteiger partial charge >= 0.3 is 0 Å². The van der Waals surface area contributed by atoms with Crippen molar-refractivity contribution < 1.29 is 5.11 Å². The van der Waals surface area contributed by atoms with E-state index in [1.54, 1.807) is 0 Å². The largest absolute Gasteiger partial charge is 0.388 e. The molecule has 100 valence electrons. The van der Waals surface area contributed by atoms with Gasteiger partial charge in [-0.2, -0.15) is 0 Å². The van der Waals surface area contributed by atoms with Crippen LogP contribution >= 0.6 is 0 Å². The molecule has 1 atom stereocenters. The van der Waals surface area contributed by atoms with Gasteiger partial charge in [0.2, 0.25) is 0 Å². The van der Waals surface area contributed by atoms with E-state index in [0.29, 0.717) is 5.41 Å². The van der Waals surface area contributed by atoms with Crippen LogP contribution in [0.4, 0.5) is 0 Å². The minimum absolute atomic E-state index is 0.180. The summed E-state index contributed by atoms with van der Waals surface area (Å²) in [6.45, 7) is 8.75. The topological polar surface area (TPSA) is 20.2 Å². The van der Waals surface area contributed by atoms with E-state index in [2.05, 4.69) is 39.8 Å². The number of hydrogen-bond acceptors (Lipinski definition) is 1. The number of aryl methyl sites for hydroxylation is 3. The second-order valence-corrected chi connectivity index (χ2v) is 7.23. The summed E-state index contributed by atoms with van der Waals surface area (Å²) >= 11 is 0. The van der Waals surface area contributed by atoms with Crippen LogP contribution in [0.2, 0.25) is 0 Å². The molecule has 0 spiro atoms. The van der Waals surface area contributed by atoms with E-state index >= 15 is 0 Å². The van der Waals surface area contributed by atoms with Crippen LogP contribution in [0.15, 0.2) is 12.1 Å². The number of rotatable bonds is 0. The van der Waals surface area contributed by atoms with Crippen LogP contribution in [0, 0.1) is 5.41 Å². The second-order valence-electron chi connectivity index (χ2n) is 7.23. The summed E-state index contributed by atoms with van der Waals surface area (Å²) in [4.78, 5) is 0. The lowest BCUT2D eigenvalue weighted by Gasteiger charge is -2.06. The van der Waals surface area contributed by atoms with Crippen molar-refractivity contribution in [3.05, 3.63) is 34.4 Å². The third-order valence-electron chi connectivity index (χ3n) is 3.40. The van der Waals surface area contributed by atoms with Crippen LogP contribution < -0.4 is 0 Å². The molecule has 0 bridgehead atoms. The van der Waals surface area contributed by atoms with E-state index in [0.717, 1.165) is 12.8 Å². The molecule has 1 aromatic rings. The fourth-order valence-corrected chi connectivity index (χ4v) is 2.67. The normalized spacial score (nSPS) is 21.1. The highest BCUT2D eigenvalue weighted by Gasteiger charge is 2.23. The molecule has 0 radical (unpaired) electrons. The number of fused-ring (bicyclic) bond motifs is 2. The Balaban J connectivity index is 0.000000209. The molecular weight excluding hydrogens is 220 g/mol. The van der Waals surface area contributed by atoms with Gasteiger partial charge in [-0.1, -0.05) is 39.8 Å². The third kappa shape index (κ3) is 3.35. The molecule has 3 rings (SSSR count). The zero-order chi connectivity index (χ0) is 13.3. The summed E-state index contributed by atoms with van der Waals surface area (Å²) < 4.78 is 0. The molecule has 0 aromatic heterocycles. The van der Waals surface area contributed by atoms with Crippen LogP contribution in [0.3, 0.4) is 0 Å². The molecule has 1 heteroatoms. The zero-order valence-corrected chi connectivity index (χ0v) is 12.2. The van der Waals surface area contributed by atoms with Gasteiger partial charge in [-0.05, 0) is 59.8 Å². The third-order valence-corrected chi connectivity index (χ3v) is 3.40. The Morgan fingerprint density at radius 2 is 1.50 bits per heavy atom. The van der Waals surface area contributed by atoms with Crippen molar-refractivity contribution in [3.8, 4) is 0 Å². The zero-order valence-electron chi connectivity index (χ0n) is 12.2. The smallest absolute Gasteiger partial charge is 0.0796 e. The number of aliphatic hydroxyl groups excluding tert-OH is 1. The van der Waals surface area contributed by atoms with E-state index in [-0.39, 0.29) is 6.10 Å². The number of aliphatic hydroxyl groups is 1. The molecule has 0 amide bonds. The summed E-state index contributed by atoms with van der Waals surface area (Å²) in [5.74, 6) is 0. The Morgan fingerprint density at radius 3 is 2.11 bits per heavy atom. The summed E-state index contributed by atoms with van der Waals surface area (Å²) in [6.07, 6.45) is 5.59. The average Bonchev–Trinajstić information content (AvgIpc) is 2.80. The maximum Gasteiger partial charge on any atom is 0.0796 e. The summed E-state index contributed by atoms with van der Waals surface area (Å²) in [6, 6.07) is 4.57. The molecule has 1 nitrogen and oxygen atoms in total. The maximum absolute atomic E-state index is 9.71. The van der Waals surface area contributed by atoms with Gasteiger partial charge in [0.1, 0.15) is 0 Å². The highest BCUT2D eigenvalue weighted by atomic mass is 16.3. The van der Waals surface area contributed by atoms with Crippen molar-refractivity contribution in [2.75, 3.05) is 0 Å². The Kier molecular flexibility index (Phi) is 3.82. The lowest BCUT2D eigenvalue weighted by Crippen LogP contribution is -1.93. The molecule has 2 aliphatic carbocycles. The molecular formula is C17H26O. The van der Waals surface area contributed by atoms with Crippen molar-refractivity contribution in [2.24, 2.45) is 5.41 Å². The van der Waals surface area contributed by atoms with Gasteiger partial charge in [0.05, 0.1) is 6.10 Å². The molecule has 1 aromatic carbocycles. The van der Waals surface area contributed by atoms with Crippen LogP contribution in [-0.4, -0.2) is 5.11 Å². The molecule has 0 aliphatic heterocycles. The Hall–Kier alpha value is -0.820. The van der Waals surface area contributed by atoms with Crippen LogP contribution in [0.1, 0.15) is 68.9 Å². The van der Waals surface area contributed by atoms with Gasteiger partial charge in [-0.25, -0.2) is 0 Å². The Bertz CT molecular complexity index is 420. The monoisotopic (exact) mass is 246 g/mol. The number of hydrogen-bond donors (Lipinski definition) is 1. The minimum atomic E-state index is -0.180. The molecule has 0 saturated carbocycles. The average molecular weight is 246 g/mol. The first-order valence-corrected chi connectivity index (χ1v) is 7.17. The highest BCUT2D eigenvalue weighted by Crippen LogP contribution is 2.35. The lowest BCUT2D eigenvalue weighted by atomic mass is 10.0. The van der Waals surface area contributed by atoms with Gasteiger partial charge < -0.3 is 5.11 Å². The molecule has 18 heavy (non-hydrogen) atoms. The van der Waals surface area contributed by atoms with Crippen molar-refractivity contribution >= 4 is 0 Å². The standard InChI is InChI=1S/C12H14O.C5H12/c13-12-5-4-10-6-8-2-1-3-9(8)7-11(10)12;1-5(2,3)4/h6-7,12-13H,1-5H2;1-4H3. The fraction of sp³-hybridized carbons (Fsp3) is 0.647. The summed E-state index contributed by atoms with van der Waals surface area (Å²) in [5.41, 5.74) is 6.13. The molecule has 1 N–H and O–H groups in total. The highest BCUT2D eigenvalue weighted by molar-refractivity contribution is 5.44. The van der Waals surface area contributed by atoms with Gasteiger partial charge in [-0.3, -0.25) is 0 Å². The van der Waals surface area contributed by atoms with Crippen molar-refractivity contribution in [1.29, 1.82) is 0 Å². The van der Waals surface area contributed by atoms with Gasteiger partial charge in [0.15, 0.2) is 0 Å². The lowest BCUT2D eigenvalue weighted by molar-refractivity contribution is 0.180. The molecule has 0 heterocycles. The number of benzene rings is 1. The van der Waals surface area contributed by atoms with Crippen molar-refractivity contribution in [3.63, 3.8) is 0 Å². The predicted molar refractivity (Wildman–Crippen MR) is 76.9 cm³/mol. The van der Waals surface area contributed by atoms with Crippen LogP contribution in [-0.2, 0) is 19.3 Å². The van der Waals surface area contributed by atoms with Gasteiger partial charge in [-0.15, -0.1) is 0 Å². The Morgan fingerprint density at radius 1 is 0.944 bits per heavy atom. The maximum atomic E-state index is 9.71. The fourth-order valence-electron chi connectivity index (χ4n) is 2.67. The first-order valence-electron chi connectivity index (χ1n) is 7.17. The quantitative estimate of drug-likeness (QED) is 0.727. The van der Waals surface area contributed by atoms with Crippen molar-refractivity contribution in [1.82, 2.24) is 0 Å². The first kappa shape index (κ1) is 13.6. The first-order chi connectivity index (χ1) is 8.34.